The summed E-state index contributed by atoms with van der Waals surface area (Å²) in [4.78, 5) is 13.7. The number of carbonyl (C=O) groups is 1. The molecule has 4 nitrogen and oxygen atoms in total. The van der Waals surface area contributed by atoms with Crippen LogP contribution in [0, 0.1) is 5.92 Å². The van der Waals surface area contributed by atoms with Crippen LogP contribution in [-0.2, 0) is 9.53 Å². The molecular formula is C12H24N2O2. The normalized spacial score (nSPS) is 28.8. The number of piperidine rings is 1. The highest BCUT2D eigenvalue weighted by molar-refractivity contribution is 5.70. The average molecular weight is 228 g/mol. The number of esters is 1. The first kappa shape index (κ1) is 13.5. The van der Waals surface area contributed by atoms with Gasteiger partial charge < -0.3 is 10.5 Å². The van der Waals surface area contributed by atoms with Crippen LogP contribution in [0.2, 0.25) is 0 Å². The van der Waals surface area contributed by atoms with Crippen LogP contribution in [0.3, 0.4) is 0 Å². The first-order valence-electron chi connectivity index (χ1n) is 6.19. The number of nitrogens with zero attached hydrogens (tertiary/aromatic N) is 1. The van der Waals surface area contributed by atoms with Crippen molar-refractivity contribution < 1.29 is 9.53 Å². The molecule has 1 aliphatic rings. The summed E-state index contributed by atoms with van der Waals surface area (Å²) >= 11 is 0. The van der Waals surface area contributed by atoms with Gasteiger partial charge in [0.1, 0.15) is 0 Å². The summed E-state index contributed by atoms with van der Waals surface area (Å²) in [5.74, 6) is 0.413. The van der Waals surface area contributed by atoms with E-state index in [4.69, 9.17) is 10.5 Å². The minimum Gasteiger partial charge on any atom is -0.466 e. The predicted octanol–water partition coefficient (Wildman–Crippen LogP) is 0.997. The van der Waals surface area contributed by atoms with Crippen molar-refractivity contribution in [2.24, 2.45) is 11.7 Å². The zero-order chi connectivity index (χ0) is 12.1. The van der Waals surface area contributed by atoms with Crippen molar-refractivity contribution in [3.05, 3.63) is 0 Å². The van der Waals surface area contributed by atoms with Gasteiger partial charge in [0.15, 0.2) is 0 Å². The summed E-state index contributed by atoms with van der Waals surface area (Å²) < 4.78 is 4.96. The molecule has 0 aromatic heterocycles. The Morgan fingerprint density at radius 1 is 1.62 bits per heavy atom. The van der Waals surface area contributed by atoms with Crippen molar-refractivity contribution in [1.82, 2.24) is 4.90 Å². The third kappa shape index (κ3) is 3.76. The first-order valence-corrected chi connectivity index (χ1v) is 6.19. The van der Waals surface area contributed by atoms with E-state index < -0.39 is 0 Å². The molecule has 16 heavy (non-hydrogen) atoms. The van der Waals surface area contributed by atoms with Crippen LogP contribution in [-0.4, -0.2) is 42.6 Å². The molecule has 0 saturated carbocycles. The fourth-order valence-electron chi connectivity index (χ4n) is 2.19. The maximum atomic E-state index is 11.4. The number of hydrogen-bond acceptors (Lipinski definition) is 4. The van der Waals surface area contributed by atoms with E-state index >= 15 is 0 Å². The molecular weight excluding hydrogens is 204 g/mol. The summed E-state index contributed by atoms with van der Waals surface area (Å²) in [7, 11) is 0. The third-order valence-corrected chi connectivity index (χ3v) is 3.39. The van der Waals surface area contributed by atoms with Crippen LogP contribution >= 0.6 is 0 Å². The largest absolute Gasteiger partial charge is 0.466 e. The molecule has 3 atom stereocenters. The predicted molar refractivity (Wildman–Crippen MR) is 64.0 cm³/mol. The zero-order valence-corrected chi connectivity index (χ0v) is 10.6. The van der Waals surface area contributed by atoms with E-state index in [2.05, 4.69) is 18.7 Å². The second kappa shape index (κ2) is 6.21. The Morgan fingerprint density at radius 2 is 2.31 bits per heavy atom. The van der Waals surface area contributed by atoms with Gasteiger partial charge in [-0.1, -0.05) is 6.92 Å². The van der Waals surface area contributed by atoms with Crippen molar-refractivity contribution in [3.8, 4) is 0 Å². The number of hydrogen-bond donors (Lipinski definition) is 1. The van der Waals surface area contributed by atoms with E-state index in [1.807, 2.05) is 6.92 Å². The SMILES string of the molecule is CCOC(=O)CC(C)N1CCC(N)C(C)C1. The molecule has 0 bridgehead atoms. The molecule has 0 spiro atoms. The van der Waals surface area contributed by atoms with Crippen LogP contribution in [0.5, 0.6) is 0 Å². The lowest BCUT2D eigenvalue weighted by Gasteiger charge is -2.38. The van der Waals surface area contributed by atoms with Gasteiger partial charge in [-0.05, 0) is 32.7 Å². The monoisotopic (exact) mass is 228 g/mol. The Morgan fingerprint density at radius 3 is 2.88 bits per heavy atom. The number of ether oxygens (including phenoxy) is 1. The fourth-order valence-corrected chi connectivity index (χ4v) is 2.19. The van der Waals surface area contributed by atoms with Gasteiger partial charge in [-0.2, -0.15) is 0 Å². The molecule has 94 valence electrons. The van der Waals surface area contributed by atoms with E-state index in [0.29, 0.717) is 25.0 Å². The number of likely N-dealkylation sites (tertiary alicyclic amines) is 1. The van der Waals surface area contributed by atoms with Crippen LogP contribution in [0.4, 0.5) is 0 Å². The van der Waals surface area contributed by atoms with E-state index in [9.17, 15) is 4.79 Å². The Bertz CT molecular complexity index is 233. The van der Waals surface area contributed by atoms with Gasteiger partial charge in [0.25, 0.3) is 0 Å². The maximum Gasteiger partial charge on any atom is 0.307 e. The van der Waals surface area contributed by atoms with Crippen molar-refractivity contribution in [1.29, 1.82) is 0 Å². The van der Waals surface area contributed by atoms with Gasteiger partial charge in [0.05, 0.1) is 13.0 Å². The average Bonchev–Trinajstić information content (AvgIpc) is 2.22. The Kier molecular flexibility index (Phi) is 5.22. The van der Waals surface area contributed by atoms with Gasteiger partial charge in [0, 0.05) is 18.6 Å². The van der Waals surface area contributed by atoms with Crippen molar-refractivity contribution in [2.45, 2.75) is 45.7 Å². The van der Waals surface area contributed by atoms with Crippen LogP contribution in [0.1, 0.15) is 33.6 Å². The minimum absolute atomic E-state index is 0.0995. The van der Waals surface area contributed by atoms with Crippen LogP contribution < -0.4 is 5.73 Å². The van der Waals surface area contributed by atoms with E-state index in [0.717, 1.165) is 19.5 Å². The quantitative estimate of drug-likeness (QED) is 0.729. The molecule has 0 aliphatic carbocycles. The number of carbonyl (C=O) groups excluding carboxylic acids is 1. The van der Waals surface area contributed by atoms with E-state index in [1.165, 1.54) is 0 Å². The molecule has 0 aromatic rings. The smallest absolute Gasteiger partial charge is 0.307 e. The molecule has 0 amide bonds. The zero-order valence-electron chi connectivity index (χ0n) is 10.6. The highest BCUT2D eigenvalue weighted by atomic mass is 16.5. The topological polar surface area (TPSA) is 55.6 Å². The molecule has 1 heterocycles. The standard InChI is InChI=1S/C12H24N2O2/c1-4-16-12(15)7-10(3)14-6-5-11(13)9(2)8-14/h9-11H,4-8,13H2,1-3H3. The summed E-state index contributed by atoms with van der Waals surface area (Å²) in [6.07, 6.45) is 1.50. The minimum atomic E-state index is -0.0995. The van der Waals surface area contributed by atoms with Gasteiger partial charge >= 0.3 is 5.97 Å². The third-order valence-electron chi connectivity index (χ3n) is 3.39. The maximum absolute atomic E-state index is 11.4. The lowest BCUT2D eigenvalue weighted by Crippen LogP contribution is -2.49. The second-order valence-corrected chi connectivity index (χ2v) is 4.78. The molecule has 1 saturated heterocycles. The Labute approximate surface area is 98.1 Å². The van der Waals surface area contributed by atoms with E-state index in [1.54, 1.807) is 0 Å². The first-order chi connectivity index (χ1) is 7.54. The summed E-state index contributed by atoms with van der Waals surface area (Å²) in [6, 6.07) is 0.569. The van der Waals surface area contributed by atoms with Crippen molar-refractivity contribution >= 4 is 5.97 Å². The highest BCUT2D eigenvalue weighted by Crippen LogP contribution is 2.18. The summed E-state index contributed by atoms with van der Waals surface area (Å²) in [5, 5.41) is 0. The van der Waals surface area contributed by atoms with Crippen molar-refractivity contribution in [2.75, 3.05) is 19.7 Å². The molecule has 2 N–H and O–H groups in total. The Hall–Kier alpha value is -0.610. The van der Waals surface area contributed by atoms with Gasteiger partial charge in [-0.25, -0.2) is 0 Å². The summed E-state index contributed by atoms with van der Waals surface area (Å²) in [6.45, 7) is 8.54. The molecule has 1 aliphatic heterocycles. The Balaban J connectivity index is 2.36. The van der Waals surface area contributed by atoms with Crippen LogP contribution in [0.25, 0.3) is 0 Å². The summed E-state index contributed by atoms with van der Waals surface area (Å²) in [5.41, 5.74) is 5.97. The number of nitrogens with two attached hydrogens (primary N) is 1. The van der Waals surface area contributed by atoms with Crippen molar-refractivity contribution in [3.63, 3.8) is 0 Å². The lowest BCUT2D eigenvalue weighted by molar-refractivity contribution is -0.144. The van der Waals surface area contributed by atoms with Gasteiger partial charge in [0.2, 0.25) is 0 Å². The molecule has 0 aromatic carbocycles. The second-order valence-electron chi connectivity index (χ2n) is 4.78. The lowest BCUT2D eigenvalue weighted by atomic mass is 9.93. The molecule has 4 heteroatoms. The molecule has 1 rings (SSSR count). The fraction of sp³-hybridized carbons (Fsp3) is 0.917. The highest BCUT2D eigenvalue weighted by Gasteiger charge is 2.27. The van der Waals surface area contributed by atoms with E-state index in [-0.39, 0.29) is 12.0 Å². The molecule has 3 unspecified atom stereocenters. The molecule has 1 fully saturated rings. The van der Waals surface area contributed by atoms with Crippen LogP contribution in [0.15, 0.2) is 0 Å². The number of rotatable bonds is 4. The van der Waals surface area contributed by atoms with Gasteiger partial charge in [-0.3, -0.25) is 9.69 Å². The van der Waals surface area contributed by atoms with Gasteiger partial charge in [-0.15, -0.1) is 0 Å². The molecule has 0 radical (unpaired) electrons.